The van der Waals surface area contributed by atoms with E-state index in [0.717, 1.165) is 5.17 Å². The van der Waals surface area contributed by atoms with Gasteiger partial charge in [0.05, 0.1) is 0 Å². The quantitative estimate of drug-likeness (QED) is 0.510. The first-order valence-electron chi connectivity index (χ1n) is 4.01. The van der Waals surface area contributed by atoms with Crippen LogP contribution >= 0.6 is 21.6 Å². The van der Waals surface area contributed by atoms with Gasteiger partial charge in [-0.2, -0.15) is 0 Å². The number of nitrogens with zero attached hydrogens (tertiary/aromatic N) is 4. The summed E-state index contributed by atoms with van der Waals surface area (Å²) >= 11 is 0. The molecule has 1 aliphatic heterocycles. The molecule has 1 unspecified atom stereocenters. The minimum Gasteiger partial charge on any atom is -0.287 e. The average Bonchev–Trinajstić information content (AvgIpc) is 2.50. The normalized spacial score (nSPS) is 22.7. The third kappa shape index (κ3) is 2.77. The summed E-state index contributed by atoms with van der Waals surface area (Å²) < 4.78 is 0. The molecule has 0 saturated heterocycles. The molecule has 0 aromatic heterocycles. The second kappa shape index (κ2) is 4.54. The molecule has 0 N–H and O–H groups in total. The molecule has 76 valence electrons. The van der Waals surface area contributed by atoms with Gasteiger partial charge in [0.1, 0.15) is 0 Å². The maximum Gasteiger partial charge on any atom is 0.187 e. The number of rotatable bonds is 2. The van der Waals surface area contributed by atoms with Crippen molar-refractivity contribution in [3.8, 4) is 0 Å². The van der Waals surface area contributed by atoms with E-state index in [2.05, 4.69) is 9.89 Å². The number of hydrogen-bond donors (Lipinski definition) is 0. The first-order valence-corrected chi connectivity index (χ1v) is 6.22. The topological polar surface area (TPSA) is 22.1 Å². The van der Waals surface area contributed by atoms with Gasteiger partial charge in [-0.1, -0.05) is 0 Å². The SMILES string of the molecule is CN(C)C1N=C(N(C)N(C)C)SS1. The highest BCUT2D eigenvalue weighted by Crippen LogP contribution is 2.37. The van der Waals surface area contributed by atoms with Crippen LogP contribution in [0, 0.1) is 0 Å². The van der Waals surface area contributed by atoms with Crippen molar-refractivity contribution >= 4 is 26.8 Å². The molecule has 0 saturated carbocycles. The van der Waals surface area contributed by atoms with Crippen LogP contribution in [0.2, 0.25) is 0 Å². The van der Waals surface area contributed by atoms with Gasteiger partial charge in [0.25, 0.3) is 0 Å². The fraction of sp³-hybridized carbons (Fsp3) is 0.857. The number of hydrogen-bond acceptors (Lipinski definition) is 6. The molecule has 0 aromatic rings. The van der Waals surface area contributed by atoms with Crippen LogP contribution in [-0.4, -0.2) is 60.8 Å². The van der Waals surface area contributed by atoms with Crippen LogP contribution in [-0.2, 0) is 0 Å². The summed E-state index contributed by atoms with van der Waals surface area (Å²) in [6, 6.07) is 0. The summed E-state index contributed by atoms with van der Waals surface area (Å²) in [5.41, 5.74) is 0.252. The van der Waals surface area contributed by atoms with E-state index in [1.54, 1.807) is 21.6 Å². The highest BCUT2D eigenvalue weighted by Gasteiger charge is 2.23. The van der Waals surface area contributed by atoms with Crippen molar-refractivity contribution in [1.82, 2.24) is 14.9 Å². The lowest BCUT2D eigenvalue weighted by Gasteiger charge is -2.24. The average molecular weight is 220 g/mol. The van der Waals surface area contributed by atoms with E-state index in [-0.39, 0.29) is 5.50 Å². The van der Waals surface area contributed by atoms with Crippen LogP contribution in [0.4, 0.5) is 0 Å². The fourth-order valence-corrected chi connectivity index (χ4v) is 3.32. The molecular weight excluding hydrogens is 204 g/mol. The van der Waals surface area contributed by atoms with Gasteiger partial charge in [-0.15, -0.1) is 0 Å². The standard InChI is InChI=1S/C7H16N4S2/c1-9(2)6-8-7(13-12-6)11(5)10(3)4/h6H,1-5H3. The van der Waals surface area contributed by atoms with E-state index in [9.17, 15) is 0 Å². The summed E-state index contributed by atoms with van der Waals surface area (Å²) in [6.45, 7) is 0. The lowest BCUT2D eigenvalue weighted by Crippen LogP contribution is -2.36. The summed E-state index contributed by atoms with van der Waals surface area (Å²) in [4.78, 5) is 6.67. The van der Waals surface area contributed by atoms with Crippen LogP contribution in [0.5, 0.6) is 0 Å². The third-order valence-electron chi connectivity index (χ3n) is 1.75. The van der Waals surface area contributed by atoms with Gasteiger partial charge in [0.15, 0.2) is 10.7 Å². The minimum atomic E-state index is 0.252. The van der Waals surface area contributed by atoms with E-state index < -0.39 is 0 Å². The van der Waals surface area contributed by atoms with Crippen molar-refractivity contribution in [1.29, 1.82) is 0 Å². The third-order valence-corrected chi connectivity index (χ3v) is 4.31. The molecule has 0 fully saturated rings. The second-order valence-corrected chi connectivity index (χ2v) is 5.48. The van der Waals surface area contributed by atoms with Crippen LogP contribution in [0.15, 0.2) is 4.99 Å². The van der Waals surface area contributed by atoms with Crippen molar-refractivity contribution in [2.24, 2.45) is 4.99 Å². The van der Waals surface area contributed by atoms with Gasteiger partial charge < -0.3 is 0 Å². The highest BCUT2D eigenvalue weighted by atomic mass is 33.1. The second-order valence-electron chi connectivity index (χ2n) is 3.25. The van der Waals surface area contributed by atoms with Crippen molar-refractivity contribution in [2.45, 2.75) is 5.50 Å². The maximum absolute atomic E-state index is 4.56. The van der Waals surface area contributed by atoms with Gasteiger partial charge in [-0.25, -0.2) is 10.0 Å². The predicted octanol–water partition coefficient (Wildman–Crippen LogP) is 0.991. The van der Waals surface area contributed by atoms with Crippen LogP contribution in [0.1, 0.15) is 0 Å². The van der Waals surface area contributed by atoms with Crippen molar-refractivity contribution < 1.29 is 0 Å². The molecule has 0 spiro atoms. The molecule has 4 nitrogen and oxygen atoms in total. The molecule has 1 heterocycles. The van der Waals surface area contributed by atoms with E-state index in [1.165, 1.54) is 0 Å². The van der Waals surface area contributed by atoms with E-state index in [1.807, 2.05) is 45.3 Å². The molecule has 0 aliphatic carbocycles. The predicted molar refractivity (Wildman–Crippen MR) is 61.5 cm³/mol. The van der Waals surface area contributed by atoms with Crippen LogP contribution < -0.4 is 0 Å². The van der Waals surface area contributed by atoms with Crippen LogP contribution in [0.25, 0.3) is 0 Å². The van der Waals surface area contributed by atoms with Gasteiger partial charge in [0, 0.05) is 21.1 Å². The summed E-state index contributed by atoms with van der Waals surface area (Å²) in [5, 5.41) is 5.12. The molecule has 6 heteroatoms. The Balaban J connectivity index is 2.58. The Kier molecular flexibility index (Phi) is 3.90. The fourth-order valence-electron chi connectivity index (χ4n) is 0.734. The lowest BCUT2D eigenvalue weighted by molar-refractivity contribution is 0.148. The van der Waals surface area contributed by atoms with Gasteiger partial charge in [-0.05, 0) is 35.7 Å². The van der Waals surface area contributed by atoms with E-state index in [4.69, 9.17) is 0 Å². The summed E-state index contributed by atoms with van der Waals surface area (Å²) in [5.74, 6) is 0. The molecular formula is C7H16N4S2. The number of amidine groups is 1. The molecule has 1 rings (SSSR count). The molecule has 0 bridgehead atoms. The molecule has 13 heavy (non-hydrogen) atoms. The Morgan fingerprint density at radius 2 is 1.77 bits per heavy atom. The Bertz CT molecular complexity index is 205. The zero-order valence-electron chi connectivity index (χ0n) is 8.68. The summed E-state index contributed by atoms with van der Waals surface area (Å²) in [7, 11) is 13.6. The largest absolute Gasteiger partial charge is 0.287 e. The Hall–Kier alpha value is 0.0900. The Labute approximate surface area is 87.7 Å². The summed E-state index contributed by atoms with van der Waals surface area (Å²) in [6.07, 6.45) is 0. The van der Waals surface area contributed by atoms with Crippen molar-refractivity contribution in [3.63, 3.8) is 0 Å². The van der Waals surface area contributed by atoms with Gasteiger partial charge in [0.2, 0.25) is 0 Å². The lowest BCUT2D eigenvalue weighted by atomic mass is 10.8. The van der Waals surface area contributed by atoms with Gasteiger partial charge >= 0.3 is 0 Å². The first-order chi connectivity index (χ1) is 6.02. The smallest absolute Gasteiger partial charge is 0.187 e. The maximum atomic E-state index is 4.56. The number of aliphatic imine (C=N–C) groups is 1. The molecule has 1 atom stereocenters. The van der Waals surface area contributed by atoms with Crippen molar-refractivity contribution in [3.05, 3.63) is 0 Å². The first kappa shape index (κ1) is 11.2. The Morgan fingerprint density at radius 1 is 1.15 bits per heavy atom. The molecule has 0 aromatic carbocycles. The van der Waals surface area contributed by atoms with Crippen molar-refractivity contribution in [2.75, 3.05) is 35.2 Å². The zero-order valence-corrected chi connectivity index (χ0v) is 10.3. The van der Waals surface area contributed by atoms with E-state index in [0.29, 0.717) is 0 Å². The minimum absolute atomic E-state index is 0.252. The molecule has 1 aliphatic rings. The van der Waals surface area contributed by atoms with Crippen LogP contribution in [0.3, 0.4) is 0 Å². The molecule has 0 radical (unpaired) electrons. The zero-order chi connectivity index (χ0) is 10.0. The van der Waals surface area contributed by atoms with E-state index >= 15 is 0 Å². The molecule has 0 amide bonds. The number of hydrazine groups is 1. The van der Waals surface area contributed by atoms with Gasteiger partial charge in [-0.3, -0.25) is 9.91 Å². The Morgan fingerprint density at radius 3 is 2.15 bits per heavy atom. The highest BCUT2D eigenvalue weighted by molar-refractivity contribution is 8.82. The monoisotopic (exact) mass is 220 g/mol.